The summed E-state index contributed by atoms with van der Waals surface area (Å²) in [5.41, 5.74) is 5.09. The molecule has 156 valence electrons. The summed E-state index contributed by atoms with van der Waals surface area (Å²) in [5.74, 6) is -2.04. The molecule has 3 rings (SSSR count). The van der Waals surface area contributed by atoms with E-state index in [9.17, 15) is 19.2 Å². The minimum Gasteiger partial charge on any atom is -0.463 e. The number of esters is 3. The summed E-state index contributed by atoms with van der Waals surface area (Å²) in [5, 5.41) is 0. The molecule has 13 nitrogen and oxygen atoms in total. The molecule has 1 aliphatic heterocycles. The van der Waals surface area contributed by atoms with Crippen LogP contribution in [0.1, 0.15) is 27.0 Å². The van der Waals surface area contributed by atoms with E-state index in [1.807, 2.05) is 0 Å². The molecule has 1 saturated heterocycles. The molecule has 0 amide bonds. The van der Waals surface area contributed by atoms with Gasteiger partial charge in [0.1, 0.15) is 12.7 Å². The van der Waals surface area contributed by atoms with Crippen LogP contribution in [-0.2, 0) is 33.3 Å². The van der Waals surface area contributed by atoms with E-state index in [0.717, 1.165) is 0 Å². The number of imidazole rings is 1. The quantitative estimate of drug-likeness (QED) is 0.458. The van der Waals surface area contributed by atoms with Crippen LogP contribution in [0.3, 0.4) is 0 Å². The zero-order valence-electron chi connectivity index (χ0n) is 15.8. The summed E-state index contributed by atoms with van der Waals surface area (Å²) in [6, 6.07) is 0. The van der Waals surface area contributed by atoms with E-state index in [1.165, 1.54) is 31.7 Å². The van der Waals surface area contributed by atoms with Gasteiger partial charge in [0.15, 0.2) is 29.6 Å². The average Bonchev–Trinajstić information content (AvgIpc) is 3.15. The largest absolute Gasteiger partial charge is 0.463 e. The number of nitrogens with zero attached hydrogens (tertiary/aromatic N) is 3. The number of carbonyl (C=O) groups excluding carboxylic acids is 3. The molecule has 3 heterocycles. The van der Waals surface area contributed by atoms with Crippen LogP contribution in [0.2, 0.25) is 0 Å². The first kappa shape index (κ1) is 20.3. The Bertz CT molecular complexity index is 1010. The second kappa shape index (κ2) is 7.87. The van der Waals surface area contributed by atoms with Crippen molar-refractivity contribution in [2.75, 3.05) is 12.3 Å². The van der Waals surface area contributed by atoms with Gasteiger partial charge in [0.25, 0.3) is 5.56 Å². The first-order valence-electron chi connectivity index (χ1n) is 8.53. The monoisotopic (exact) mass is 409 g/mol. The predicted octanol–water partition coefficient (Wildman–Crippen LogP) is -0.974. The first-order chi connectivity index (χ1) is 13.7. The van der Waals surface area contributed by atoms with Gasteiger partial charge in [-0.1, -0.05) is 0 Å². The van der Waals surface area contributed by atoms with Crippen molar-refractivity contribution in [2.45, 2.75) is 45.3 Å². The lowest BCUT2D eigenvalue weighted by Crippen LogP contribution is -2.40. The van der Waals surface area contributed by atoms with Crippen molar-refractivity contribution < 1.29 is 33.3 Å². The van der Waals surface area contributed by atoms with Crippen molar-refractivity contribution in [2.24, 2.45) is 0 Å². The van der Waals surface area contributed by atoms with E-state index in [2.05, 4.69) is 15.0 Å². The highest BCUT2D eigenvalue weighted by atomic mass is 16.7. The van der Waals surface area contributed by atoms with Gasteiger partial charge in [0, 0.05) is 20.8 Å². The molecule has 0 bridgehead atoms. The van der Waals surface area contributed by atoms with Crippen molar-refractivity contribution in [3.05, 3.63) is 16.7 Å². The normalized spacial score (nSPS) is 23.7. The summed E-state index contributed by atoms with van der Waals surface area (Å²) >= 11 is 0. The predicted molar refractivity (Wildman–Crippen MR) is 94.2 cm³/mol. The lowest BCUT2D eigenvalue weighted by Gasteiger charge is -2.23. The summed E-state index contributed by atoms with van der Waals surface area (Å²) in [7, 11) is 0. The number of hydrogen-bond donors (Lipinski definition) is 2. The Hall–Kier alpha value is -3.48. The van der Waals surface area contributed by atoms with Gasteiger partial charge in [0.05, 0.1) is 6.33 Å². The van der Waals surface area contributed by atoms with Crippen LogP contribution in [0.4, 0.5) is 5.95 Å². The molecule has 1 unspecified atom stereocenters. The first-order valence-corrected chi connectivity index (χ1v) is 8.53. The van der Waals surface area contributed by atoms with Crippen molar-refractivity contribution in [3.8, 4) is 0 Å². The van der Waals surface area contributed by atoms with Gasteiger partial charge in [-0.15, -0.1) is 0 Å². The SMILES string of the molecule is CC(=O)OC[C@H]1O[C@@H](n2cnc3c(=O)[nH]c(N)nc32)[C@@H](OC(C)=O)C1OC(C)=O. The molecule has 3 N–H and O–H groups in total. The number of rotatable bonds is 5. The summed E-state index contributed by atoms with van der Waals surface area (Å²) in [6.45, 7) is 3.30. The average molecular weight is 409 g/mol. The maximum Gasteiger partial charge on any atom is 0.303 e. The second-order valence-corrected chi connectivity index (χ2v) is 6.29. The molecule has 2 aromatic heterocycles. The standard InChI is InChI=1S/C16H19N5O8/c1-6(22)26-4-9-11(27-7(2)23)12(28-8(3)24)15(29-9)21-5-18-10-13(21)19-16(17)20-14(10)25/h5,9,11-12,15H,4H2,1-3H3,(H3,17,19,20,25)/t9-,11?,12+,15-/m1/s1. The van der Waals surface area contributed by atoms with Gasteiger partial charge in [-0.05, 0) is 0 Å². The van der Waals surface area contributed by atoms with Crippen molar-refractivity contribution in [3.63, 3.8) is 0 Å². The van der Waals surface area contributed by atoms with Gasteiger partial charge >= 0.3 is 17.9 Å². The molecule has 13 heteroatoms. The topological polar surface area (TPSA) is 178 Å². The number of nitrogen functional groups attached to an aromatic ring is 1. The van der Waals surface area contributed by atoms with Gasteiger partial charge < -0.3 is 24.7 Å². The Kier molecular flexibility index (Phi) is 5.50. The smallest absolute Gasteiger partial charge is 0.303 e. The molecule has 1 aliphatic rings. The zero-order valence-corrected chi connectivity index (χ0v) is 15.8. The van der Waals surface area contributed by atoms with E-state index < -0.39 is 48.0 Å². The minimum absolute atomic E-state index is 0.0168. The van der Waals surface area contributed by atoms with Gasteiger partial charge in [-0.3, -0.25) is 28.7 Å². The molecule has 4 atom stereocenters. The molecule has 0 aromatic carbocycles. The Morgan fingerprint density at radius 3 is 2.45 bits per heavy atom. The minimum atomic E-state index is -1.13. The highest BCUT2D eigenvalue weighted by molar-refractivity contribution is 5.71. The van der Waals surface area contributed by atoms with Crippen LogP contribution in [-0.4, -0.2) is 62.3 Å². The van der Waals surface area contributed by atoms with E-state index in [0.29, 0.717) is 0 Å². The number of H-pyrrole nitrogens is 1. The maximum atomic E-state index is 12.0. The van der Waals surface area contributed by atoms with Crippen molar-refractivity contribution >= 4 is 35.0 Å². The summed E-state index contributed by atoms with van der Waals surface area (Å²) in [6.07, 6.45) is -2.99. The highest BCUT2D eigenvalue weighted by Crippen LogP contribution is 2.35. The molecule has 1 fully saturated rings. The number of nitrogens with one attached hydrogen (secondary N) is 1. The lowest BCUT2D eigenvalue weighted by molar-refractivity contribution is -0.166. The number of fused-ring (bicyclic) bond motifs is 1. The Balaban J connectivity index is 2.05. The van der Waals surface area contributed by atoms with E-state index >= 15 is 0 Å². The van der Waals surface area contributed by atoms with Crippen LogP contribution < -0.4 is 11.3 Å². The van der Waals surface area contributed by atoms with Crippen molar-refractivity contribution in [1.82, 2.24) is 19.5 Å². The van der Waals surface area contributed by atoms with Gasteiger partial charge in [-0.2, -0.15) is 4.98 Å². The van der Waals surface area contributed by atoms with Gasteiger partial charge in [0.2, 0.25) is 5.95 Å². The third kappa shape index (κ3) is 4.18. The van der Waals surface area contributed by atoms with E-state index in [-0.39, 0.29) is 23.7 Å². The van der Waals surface area contributed by atoms with Crippen LogP contribution in [0.25, 0.3) is 11.2 Å². The number of ether oxygens (including phenoxy) is 4. The summed E-state index contributed by atoms with van der Waals surface area (Å²) in [4.78, 5) is 56.9. The zero-order chi connectivity index (χ0) is 21.3. The molecular weight excluding hydrogens is 390 g/mol. The third-order valence-corrected chi connectivity index (χ3v) is 4.07. The van der Waals surface area contributed by atoms with Crippen molar-refractivity contribution in [1.29, 1.82) is 0 Å². The molecular formula is C16H19N5O8. The third-order valence-electron chi connectivity index (χ3n) is 4.07. The Morgan fingerprint density at radius 1 is 1.17 bits per heavy atom. The number of nitrogens with two attached hydrogens (primary N) is 1. The fourth-order valence-electron chi connectivity index (χ4n) is 3.05. The van der Waals surface area contributed by atoms with E-state index in [1.54, 1.807) is 0 Å². The lowest BCUT2D eigenvalue weighted by atomic mass is 10.1. The molecule has 0 saturated carbocycles. The number of aromatic nitrogens is 4. The van der Waals surface area contributed by atoms with Gasteiger partial charge in [-0.25, -0.2) is 4.98 Å². The molecule has 2 aromatic rings. The second-order valence-electron chi connectivity index (χ2n) is 6.29. The fraction of sp³-hybridized carbons (Fsp3) is 0.500. The molecule has 0 aliphatic carbocycles. The highest BCUT2D eigenvalue weighted by Gasteiger charge is 2.51. The number of anilines is 1. The van der Waals surface area contributed by atoms with Crippen LogP contribution in [0.15, 0.2) is 11.1 Å². The van der Waals surface area contributed by atoms with Crippen LogP contribution in [0, 0.1) is 0 Å². The van der Waals surface area contributed by atoms with Crippen LogP contribution in [0.5, 0.6) is 0 Å². The molecule has 29 heavy (non-hydrogen) atoms. The van der Waals surface area contributed by atoms with E-state index in [4.69, 9.17) is 24.7 Å². The maximum absolute atomic E-state index is 12.0. The summed E-state index contributed by atoms with van der Waals surface area (Å²) < 4.78 is 22.8. The Morgan fingerprint density at radius 2 is 1.83 bits per heavy atom. The number of hydrogen-bond acceptors (Lipinski definition) is 11. The fourth-order valence-corrected chi connectivity index (χ4v) is 3.05. The molecule has 0 radical (unpaired) electrons. The Labute approximate surface area is 163 Å². The molecule has 0 spiro atoms. The number of carbonyl (C=O) groups is 3. The number of aromatic amines is 1. The van der Waals surface area contributed by atoms with Crippen LogP contribution >= 0.6 is 0 Å².